The predicted octanol–water partition coefficient (Wildman–Crippen LogP) is -19.0. The summed E-state index contributed by atoms with van der Waals surface area (Å²) in [5, 5.41) is 0. The third kappa shape index (κ3) is 95.0. The minimum atomic E-state index is 0. The summed E-state index contributed by atoms with van der Waals surface area (Å²) in [7, 11) is 0. The molecule has 0 atom stereocenters. The van der Waals surface area contributed by atoms with Crippen LogP contribution in [0.4, 0.5) is 0 Å². The normalized spacial score (nSPS) is 0. The van der Waals surface area contributed by atoms with E-state index in [1.165, 1.54) is 0 Å². The van der Waals surface area contributed by atoms with E-state index in [9.17, 15) is 0 Å². The molecular formula is H6KNa5O6. The van der Waals surface area contributed by atoms with Gasteiger partial charge >= 0.3 is 199 Å². The van der Waals surface area contributed by atoms with Gasteiger partial charge in [0, 0.05) is 0 Å². The van der Waals surface area contributed by atoms with Crippen LogP contribution in [0.5, 0.6) is 0 Å². The van der Waals surface area contributed by atoms with Gasteiger partial charge in [0.05, 0.1) is 0 Å². The van der Waals surface area contributed by atoms with E-state index in [4.69, 9.17) is 0 Å². The number of hydrogen-bond acceptors (Lipinski definition) is 6. The maximum Gasteiger partial charge on any atom is 1.00 e. The van der Waals surface area contributed by atoms with E-state index < -0.39 is 0 Å². The van der Waals surface area contributed by atoms with Crippen LogP contribution in [0, 0.1) is 0 Å². The zero-order chi connectivity index (χ0) is 0. The Labute approximate surface area is 225 Å². The van der Waals surface area contributed by atoms with Gasteiger partial charge in [0.15, 0.2) is 0 Å². The van der Waals surface area contributed by atoms with Crippen LogP contribution < -0.4 is 199 Å². The van der Waals surface area contributed by atoms with Crippen LogP contribution in [0.1, 0.15) is 0 Å². The van der Waals surface area contributed by atoms with Crippen molar-refractivity contribution in [3.63, 3.8) is 0 Å². The van der Waals surface area contributed by atoms with Gasteiger partial charge in [-0.3, -0.25) is 0 Å². The van der Waals surface area contributed by atoms with Crippen molar-refractivity contribution in [1.29, 1.82) is 0 Å². The number of rotatable bonds is 0. The van der Waals surface area contributed by atoms with E-state index in [1.807, 2.05) is 0 Å². The van der Waals surface area contributed by atoms with Gasteiger partial charge in [0.1, 0.15) is 0 Å². The van der Waals surface area contributed by atoms with E-state index in [2.05, 4.69) is 0 Å². The molecule has 0 unspecified atom stereocenters. The molecule has 0 saturated carbocycles. The summed E-state index contributed by atoms with van der Waals surface area (Å²) in [6.07, 6.45) is 0. The zero-order valence-corrected chi connectivity index (χ0v) is 21.8. The fourth-order valence-electron chi connectivity index (χ4n) is 0. The van der Waals surface area contributed by atoms with Crippen molar-refractivity contribution in [2.24, 2.45) is 0 Å². The van der Waals surface area contributed by atoms with Crippen LogP contribution in [0.3, 0.4) is 0 Å². The molecule has 0 aromatic carbocycles. The minimum absolute atomic E-state index is 0. The Balaban J connectivity index is 0. The third-order valence-corrected chi connectivity index (χ3v) is 0. The molecule has 0 bridgehead atoms. The molecule has 12 heavy (non-hydrogen) atoms. The average Bonchev–Trinajstić information content (AvgIpc) is 0. The van der Waals surface area contributed by atoms with Crippen molar-refractivity contribution < 1.29 is 232 Å². The largest absolute Gasteiger partial charge is 1.00 e. The molecule has 0 aliphatic carbocycles. The molecule has 0 aliphatic rings. The first-order valence-corrected chi connectivity index (χ1v) is 0. The maximum atomic E-state index is 0. The molecule has 0 saturated heterocycles. The summed E-state index contributed by atoms with van der Waals surface area (Å²) < 4.78 is 0. The van der Waals surface area contributed by atoms with Crippen LogP contribution in [0.2, 0.25) is 0 Å². The van der Waals surface area contributed by atoms with Gasteiger partial charge in [0.2, 0.25) is 0 Å². The van der Waals surface area contributed by atoms with Crippen molar-refractivity contribution in [2.75, 3.05) is 0 Å². The Bertz CT molecular complexity index is 15.9. The van der Waals surface area contributed by atoms with Gasteiger partial charge < -0.3 is 32.9 Å². The first-order valence-electron chi connectivity index (χ1n) is 0. The van der Waals surface area contributed by atoms with Gasteiger partial charge in [-0.2, -0.15) is 0 Å². The Kier molecular flexibility index (Phi) is 1300. The number of hydrogen-bond donors (Lipinski definition) is 0. The second kappa shape index (κ2) is 114. The molecule has 0 aromatic heterocycles. The minimum Gasteiger partial charge on any atom is -0.870 e. The Morgan fingerprint density at radius 2 is 0.250 bits per heavy atom. The molecule has 0 amide bonds. The first kappa shape index (κ1) is 136. The molecule has 12 heteroatoms. The quantitative estimate of drug-likeness (QED) is 0.387. The van der Waals surface area contributed by atoms with Gasteiger partial charge in [0.25, 0.3) is 0 Å². The molecule has 0 heterocycles. The summed E-state index contributed by atoms with van der Waals surface area (Å²) in [6.45, 7) is 0. The van der Waals surface area contributed by atoms with E-state index in [-0.39, 0.29) is 232 Å². The Morgan fingerprint density at radius 3 is 0.250 bits per heavy atom. The molecule has 0 radical (unpaired) electrons. The molecule has 0 aromatic rings. The Morgan fingerprint density at radius 1 is 0.250 bits per heavy atom. The zero-order valence-electron chi connectivity index (χ0n) is 8.68. The monoisotopic (exact) mass is 256 g/mol. The molecule has 6 nitrogen and oxygen atoms in total. The van der Waals surface area contributed by atoms with Crippen molar-refractivity contribution >= 4 is 0 Å². The van der Waals surface area contributed by atoms with Crippen molar-refractivity contribution in [3.8, 4) is 0 Å². The summed E-state index contributed by atoms with van der Waals surface area (Å²) in [4.78, 5) is 0. The topological polar surface area (TPSA) is 180 Å². The molecule has 48 valence electrons. The van der Waals surface area contributed by atoms with Gasteiger partial charge in [-0.05, 0) is 0 Å². The van der Waals surface area contributed by atoms with Crippen LogP contribution in [0.15, 0.2) is 0 Å². The smallest absolute Gasteiger partial charge is 0.870 e. The SMILES string of the molecule is [K+].[Na+].[Na+].[Na+].[Na+].[Na+].[OH-].[OH-].[OH-].[OH-].[OH-].[OH-]. The summed E-state index contributed by atoms with van der Waals surface area (Å²) in [5.41, 5.74) is 0. The summed E-state index contributed by atoms with van der Waals surface area (Å²) in [6, 6.07) is 0. The third-order valence-electron chi connectivity index (χ3n) is 0. The fraction of sp³-hybridized carbons (Fsp3) is 0. The average molecular weight is 256 g/mol. The first-order chi connectivity index (χ1) is 0. The Hall–Kier alpha value is 6.40. The van der Waals surface area contributed by atoms with E-state index in [0.29, 0.717) is 0 Å². The van der Waals surface area contributed by atoms with Crippen LogP contribution in [-0.4, -0.2) is 32.9 Å². The van der Waals surface area contributed by atoms with E-state index >= 15 is 0 Å². The second-order valence-electron chi connectivity index (χ2n) is 0. The van der Waals surface area contributed by atoms with Crippen molar-refractivity contribution in [1.82, 2.24) is 0 Å². The molecule has 0 aliphatic heterocycles. The second-order valence-corrected chi connectivity index (χ2v) is 0. The summed E-state index contributed by atoms with van der Waals surface area (Å²) in [5.74, 6) is 0. The molecular weight excluding hydrogens is 250 g/mol. The molecule has 6 N–H and O–H groups in total. The van der Waals surface area contributed by atoms with Gasteiger partial charge in [-0.15, -0.1) is 0 Å². The molecule has 0 fully saturated rings. The standard InChI is InChI=1S/K.5Na.6H2O/h;;;;;;6*1H2/q6*+1;;;;;;/p-6. The molecule has 0 rings (SSSR count). The van der Waals surface area contributed by atoms with Crippen LogP contribution in [-0.2, 0) is 0 Å². The van der Waals surface area contributed by atoms with Gasteiger partial charge in [-0.1, -0.05) is 0 Å². The van der Waals surface area contributed by atoms with Crippen molar-refractivity contribution in [3.05, 3.63) is 0 Å². The van der Waals surface area contributed by atoms with Crippen LogP contribution >= 0.6 is 0 Å². The van der Waals surface area contributed by atoms with E-state index in [0.717, 1.165) is 0 Å². The maximum absolute atomic E-state index is 0. The predicted molar refractivity (Wildman–Crippen MR) is 11.6 cm³/mol. The van der Waals surface area contributed by atoms with Gasteiger partial charge in [-0.25, -0.2) is 0 Å². The molecule has 0 spiro atoms. The van der Waals surface area contributed by atoms with E-state index in [1.54, 1.807) is 0 Å². The van der Waals surface area contributed by atoms with Crippen LogP contribution in [0.25, 0.3) is 0 Å². The van der Waals surface area contributed by atoms with Crippen molar-refractivity contribution in [2.45, 2.75) is 0 Å². The fourth-order valence-corrected chi connectivity index (χ4v) is 0. The summed E-state index contributed by atoms with van der Waals surface area (Å²) >= 11 is 0.